The number of allylic oxidation sites excluding steroid dienone is 1. The van der Waals surface area contributed by atoms with E-state index in [0.29, 0.717) is 6.07 Å². The Morgan fingerprint density at radius 3 is 2.27 bits per heavy atom. The summed E-state index contributed by atoms with van der Waals surface area (Å²) >= 11 is 0. The number of hydrogen-bond acceptors (Lipinski definition) is 0. The first-order chi connectivity index (χ1) is 6.84. The van der Waals surface area contributed by atoms with E-state index in [1.165, 1.54) is 6.08 Å². The Bertz CT molecular complexity index is 365. The lowest BCUT2D eigenvalue weighted by atomic mass is 9.99. The molecule has 1 radical (unpaired) electrons. The summed E-state index contributed by atoms with van der Waals surface area (Å²) < 4.78 is 49.8. The fraction of sp³-hybridized carbons (Fsp3) is 0.182. The normalized spacial score (nSPS) is 13.7. The summed E-state index contributed by atoms with van der Waals surface area (Å²) in [6.07, 6.45) is -3.19. The van der Waals surface area contributed by atoms with Crippen LogP contribution in [0.5, 0.6) is 0 Å². The van der Waals surface area contributed by atoms with E-state index >= 15 is 0 Å². The lowest BCUT2D eigenvalue weighted by Gasteiger charge is -2.11. The average Bonchev–Trinajstić information content (AvgIpc) is 2.14. The van der Waals surface area contributed by atoms with Crippen LogP contribution in [0.2, 0.25) is 0 Å². The molecule has 1 aromatic carbocycles. The zero-order valence-electron chi connectivity index (χ0n) is 7.81. The molecule has 0 aliphatic rings. The van der Waals surface area contributed by atoms with E-state index in [2.05, 4.69) is 13.5 Å². The highest BCUT2D eigenvalue weighted by atomic mass is 19.4. The van der Waals surface area contributed by atoms with Gasteiger partial charge in [-0.15, -0.1) is 6.58 Å². The highest BCUT2D eigenvalue weighted by Gasteiger charge is 2.31. The quantitative estimate of drug-likeness (QED) is 0.519. The van der Waals surface area contributed by atoms with Crippen molar-refractivity contribution in [1.29, 1.82) is 0 Å². The molecule has 0 N–H and O–H groups in total. The SMILES string of the molecule is [CH2]C(C=C)c1cc(F)cc(C(F)(F)F)c1. The Kier molecular flexibility index (Phi) is 3.17. The molecule has 0 fully saturated rings. The summed E-state index contributed by atoms with van der Waals surface area (Å²) in [6.45, 7) is 6.93. The van der Waals surface area contributed by atoms with E-state index in [-0.39, 0.29) is 5.56 Å². The molecule has 0 heterocycles. The number of halogens is 4. The van der Waals surface area contributed by atoms with Gasteiger partial charge in [0.2, 0.25) is 0 Å². The first kappa shape index (κ1) is 11.8. The predicted molar refractivity (Wildman–Crippen MR) is 49.7 cm³/mol. The minimum atomic E-state index is -4.54. The summed E-state index contributed by atoms with van der Waals surface area (Å²) in [5.74, 6) is -1.47. The van der Waals surface area contributed by atoms with Crippen molar-refractivity contribution >= 4 is 0 Å². The third-order valence-corrected chi connectivity index (χ3v) is 1.96. The lowest BCUT2D eigenvalue weighted by molar-refractivity contribution is -0.137. The summed E-state index contributed by atoms with van der Waals surface area (Å²) in [4.78, 5) is 0. The van der Waals surface area contributed by atoms with Crippen LogP contribution in [0, 0.1) is 12.7 Å². The second-order valence-electron chi connectivity index (χ2n) is 3.11. The highest BCUT2D eigenvalue weighted by Crippen LogP contribution is 2.32. The maximum atomic E-state index is 12.9. The van der Waals surface area contributed by atoms with Gasteiger partial charge in [-0.25, -0.2) is 4.39 Å². The van der Waals surface area contributed by atoms with Gasteiger partial charge in [-0.3, -0.25) is 0 Å². The predicted octanol–water partition coefficient (Wildman–Crippen LogP) is 3.95. The molecule has 0 aliphatic heterocycles. The fourth-order valence-corrected chi connectivity index (χ4v) is 1.13. The molecule has 1 atom stereocenters. The molecule has 0 amide bonds. The molecule has 0 saturated carbocycles. The third kappa shape index (κ3) is 2.81. The molecule has 0 nitrogen and oxygen atoms in total. The van der Waals surface area contributed by atoms with Crippen molar-refractivity contribution in [3.05, 3.63) is 54.7 Å². The van der Waals surface area contributed by atoms with Gasteiger partial charge in [0, 0.05) is 5.92 Å². The Morgan fingerprint density at radius 1 is 1.20 bits per heavy atom. The van der Waals surface area contributed by atoms with Crippen molar-refractivity contribution < 1.29 is 17.6 Å². The van der Waals surface area contributed by atoms with Crippen LogP contribution in [-0.4, -0.2) is 0 Å². The van der Waals surface area contributed by atoms with Crippen LogP contribution in [0.3, 0.4) is 0 Å². The summed E-state index contributed by atoms with van der Waals surface area (Å²) in [5, 5.41) is 0. The van der Waals surface area contributed by atoms with Crippen molar-refractivity contribution in [2.75, 3.05) is 0 Å². The zero-order chi connectivity index (χ0) is 11.6. The molecule has 0 aromatic heterocycles. The van der Waals surface area contributed by atoms with Gasteiger partial charge in [-0.05, 0) is 30.7 Å². The van der Waals surface area contributed by atoms with Crippen LogP contribution >= 0.6 is 0 Å². The second-order valence-corrected chi connectivity index (χ2v) is 3.11. The monoisotopic (exact) mass is 217 g/mol. The fourth-order valence-electron chi connectivity index (χ4n) is 1.13. The van der Waals surface area contributed by atoms with E-state index in [0.717, 1.165) is 12.1 Å². The maximum Gasteiger partial charge on any atom is 0.416 e. The molecular formula is C11H9F4. The lowest BCUT2D eigenvalue weighted by Crippen LogP contribution is -2.07. The molecule has 0 saturated heterocycles. The topological polar surface area (TPSA) is 0 Å². The smallest absolute Gasteiger partial charge is 0.207 e. The van der Waals surface area contributed by atoms with E-state index in [1.807, 2.05) is 0 Å². The second kappa shape index (κ2) is 4.04. The van der Waals surface area contributed by atoms with E-state index < -0.39 is 23.5 Å². The highest BCUT2D eigenvalue weighted by molar-refractivity contribution is 5.31. The van der Waals surface area contributed by atoms with Crippen LogP contribution in [0.4, 0.5) is 17.6 Å². The summed E-state index contributed by atoms with van der Waals surface area (Å²) in [6, 6.07) is 2.36. The van der Waals surface area contributed by atoms with Crippen LogP contribution in [0.25, 0.3) is 0 Å². The van der Waals surface area contributed by atoms with Gasteiger partial charge in [0.1, 0.15) is 5.82 Å². The molecule has 0 bridgehead atoms. The van der Waals surface area contributed by atoms with Gasteiger partial charge in [0.05, 0.1) is 5.56 Å². The van der Waals surface area contributed by atoms with Crippen molar-refractivity contribution in [3.63, 3.8) is 0 Å². The van der Waals surface area contributed by atoms with Gasteiger partial charge in [0.15, 0.2) is 0 Å². The van der Waals surface area contributed by atoms with Gasteiger partial charge in [-0.2, -0.15) is 13.2 Å². The Labute approximate surface area is 85.2 Å². The first-order valence-corrected chi connectivity index (χ1v) is 4.18. The van der Waals surface area contributed by atoms with Gasteiger partial charge in [-0.1, -0.05) is 6.08 Å². The minimum Gasteiger partial charge on any atom is -0.207 e. The van der Waals surface area contributed by atoms with Crippen molar-refractivity contribution in [2.45, 2.75) is 12.1 Å². The number of alkyl halides is 3. The summed E-state index contributed by atoms with van der Waals surface area (Å²) in [5.41, 5.74) is -0.842. The van der Waals surface area contributed by atoms with Crippen LogP contribution < -0.4 is 0 Å². The molecule has 1 rings (SSSR count). The standard InChI is InChI=1S/C11H9F4/c1-3-7(2)8-4-9(11(13,14)15)6-10(12)5-8/h3-7H,1-2H2. The van der Waals surface area contributed by atoms with Gasteiger partial charge in [0.25, 0.3) is 0 Å². The van der Waals surface area contributed by atoms with Crippen LogP contribution in [0.15, 0.2) is 30.9 Å². The molecular weight excluding hydrogens is 208 g/mol. The van der Waals surface area contributed by atoms with E-state index in [9.17, 15) is 17.6 Å². The molecule has 4 heteroatoms. The van der Waals surface area contributed by atoms with Crippen molar-refractivity contribution in [1.82, 2.24) is 0 Å². The largest absolute Gasteiger partial charge is 0.416 e. The van der Waals surface area contributed by atoms with E-state index in [1.54, 1.807) is 0 Å². The Hall–Kier alpha value is -1.32. The number of rotatable bonds is 2. The molecule has 81 valence electrons. The number of hydrogen-bond donors (Lipinski definition) is 0. The summed E-state index contributed by atoms with van der Waals surface area (Å²) in [7, 11) is 0. The molecule has 0 aliphatic carbocycles. The van der Waals surface area contributed by atoms with Crippen LogP contribution in [0.1, 0.15) is 17.0 Å². The third-order valence-electron chi connectivity index (χ3n) is 1.96. The van der Waals surface area contributed by atoms with Crippen molar-refractivity contribution in [2.24, 2.45) is 0 Å². The number of benzene rings is 1. The van der Waals surface area contributed by atoms with Gasteiger partial charge < -0.3 is 0 Å². The Morgan fingerprint density at radius 2 is 1.80 bits per heavy atom. The van der Waals surface area contributed by atoms with Crippen LogP contribution in [-0.2, 0) is 6.18 Å². The average molecular weight is 217 g/mol. The van der Waals surface area contributed by atoms with Gasteiger partial charge >= 0.3 is 6.18 Å². The molecule has 15 heavy (non-hydrogen) atoms. The molecule has 1 aromatic rings. The maximum absolute atomic E-state index is 12.9. The Balaban J connectivity index is 3.22. The van der Waals surface area contributed by atoms with E-state index in [4.69, 9.17) is 0 Å². The van der Waals surface area contributed by atoms with Crippen molar-refractivity contribution in [3.8, 4) is 0 Å². The first-order valence-electron chi connectivity index (χ1n) is 4.18. The molecule has 0 spiro atoms. The molecule has 1 unspecified atom stereocenters. The minimum absolute atomic E-state index is 0.164. The zero-order valence-corrected chi connectivity index (χ0v) is 7.81.